The number of carbonyl (C=O) groups excluding carboxylic acids is 3. The summed E-state index contributed by atoms with van der Waals surface area (Å²) in [6.07, 6.45) is 0.252. The number of hydroxylamine groups is 2. The topological polar surface area (TPSA) is 87.5 Å². The van der Waals surface area contributed by atoms with Gasteiger partial charge in [-0.25, -0.2) is 4.79 Å². The van der Waals surface area contributed by atoms with Gasteiger partial charge >= 0.3 is 5.97 Å². The molecular formula is C13H16N2O4S3. The summed E-state index contributed by atoms with van der Waals surface area (Å²) >= 11 is 7.85. The summed E-state index contributed by atoms with van der Waals surface area (Å²) in [6.45, 7) is 3.66. The lowest BCUT2D eigenvalue weighted by Crippen LogP contribution is -2.32. The highest BCUT2D eigenvalue weighted by molar-refractivity contribution is 8.47. The molecule has 22 heavy (non-hydrogen) atoms. The quantitative estimate of drug-likeness (QED) is 0.527. The van der Waals surface area contributed by atoms with Gasteiger partial charge in [0.25, 0.3) is 11.8 Å². The number of rotatable bonds is 6. The lowest BCUT2D eigenvalue weighted by Gasteiger charge is -2.20. The first-order chi connectivity index (χ1) is 10.3. The van der Waals surface area contributed by atoms with E-state index in [4.69, 9.17) is 17.1 Å². The second kappa shape index (κ2) is 8.50. The largest absolute Gasteiger partial charge is 0.333 e. The number of thioether (sulfide) groups is 2. The zero-order chi connectivity index (χ0) is 16.8. The number of nitrogens with zero attached hydrogens (tertiary/aromatic N) is 2. The number of nitriles is 1. The van der Waals surface area contributed by atoms with Gasteiger partial charge in [-0.15, -0.1) is 16.8 Å². The molecule has 0 aromatic carbocycles. The van der Waals surface area contributed by atoms with Crippen molar-refractivity contribution in [3.05, 3.63) is 0 Å². The Balaban J connectivity index is 2.50. The van der Waals surface area contributed by atoms with Crippen LogP contribution in [0.1, 0.15) is 39.5 Å². The van der Waals surface area contributed by atoms with Crippen LogP contribution in [-0.4, -0.2) is 36.9 Å². The van der Waals surface area contributed by atoms with Crippen LogP contribution in [0.2, 0.25) is 0 Å². The molecule has 0 aromatic heterocycles. The standard InChI is InChI=1S/C13H16N2O4S3/c1-3-21-12(20)22-13(2,8-14)7-6-11(18)19-15-9(16)4-5-10(15)17/h3-7H2,1-2H3/t13-/m1/s1. The SMILES string of the molecule is CCSC(=S)S[C@@](C)(C#N)CCC(=O)ON1C(=O)CCC1=O. The van der Waals surface area contributed by atoms with Gasteiger partial charge in [0.1, 0.15) is 8.28 Å². The highest BCUT2D eigenvalue weighted by Gasteiger charge is 2.34. The maximum absolute atomic E-state index is 11.7. The molecule has 0 radical (unpaired) electrons. The van der Waals surface area contributed by atoms with Gasteiger partial charge in [-0.05, 0) is 19.1 Å². The van der Waals surface area contributed by atoms with E-state index in [0.717, 1.165) is 5.75 Å². The predicted octanol–water partition coefficient (Wildman–Crippen LogP) is 2.43. The van der Waals surface area contributed by atoms with Crippen LogP contribution in [0, 0.1) is 11.3 Å². The first-order valence-electron chi connectivity index (χ1n) is 6.65. The van der Waals surface area contributed by atoms with E-state index in [-0.39, 0.29) is 25.7 Å². The fraction of sp³-hybridized carbons (Fsp3) is 0.615. The Morgan fingerprint density at radius 2 is 2.05 bits per heavy atom. The van der Waals surface area contributed by atoms with Crippen molar-refractivity contribution in [2.45, 2.75) is 44.3 Å². The first-order valence-corrected chi connectivity index (χ1v) is 8.86. The molecule has 0 unspecified atom stereocenters. The van der Waals surface area contributed by atoms with Gasteiger partial charge in [-0.1, -0.05) is 30.9 Å². The van der Waals surface area contributed by atoms with Crippen molar-refractivity contribution in [3.8, 4) is 6.07 Å². The van der Waals surface area contributed by atoms with Gasteiger partial charge < -0.3 is 4.84 Å². The maximum atomic E-state index is 11.7. The summed E-state index contributed by atoms with van der Waals surface area (Å²) in [5, 5.41) is 9.78. The molecule has 0 bridgehead atoms. The Hall–Kier alpha value is -1.11. The average molecular weight is 360 g/mol. The molecule has 1 saturated heterocycles. The zero-order valence-electron chi connectivity index (χ0n) is 12.3. The van der Waals surface area contributed by atoms with Gasteiger partial charge in [0.2, 0.25) is 0 Å². The highest BCUT2D eigenvalue weighted by Crippen LogP contribution is 2.34. The fourth-order valence-electron chi connectivity index (χ4n) is 1.61. The van der Waals surface area contributed by atoms with Crippen molar-refractivity contribution >= 4 is 57.1 Å². The van der Waals surface area contributed by atoms with Crippen LogP contribution in [0.15, 0.2) is 0 Å². The van der Waals surface area contributed by atoms with Crippen LogP contribution in [-0.2, 0) is 19.2 Å². The molecule has 9 heteroatoms. The summed E-state index contributed by atoms with van der Waals surface area (Å²) in [7, 11) is 0. The number of thiocarbonyl (C=S) groups is 1. The zero-order valence-corrected chi connectivity index (χ0v) is 14.7. The average Bonchev–Trinajstić information content (AvgIpc) is 2.77. The van der Waals surface area contributed by atoms with Crippen molar-refractivity contribution in [2.75, 3.05) is 5.75 Å². The molecular weight excluding hydrogens is 344 g/mol. The molecule has 0 aromatic rings. The summed E-state index contributed by atoms with van der Waals surface area (Å²) < 4.78 is -0.207. The molecule has 6 nitrogen and oxygen atoms in total. The lowest BCUT2D eigenvalue weighted by molar-refractivity contribution is -0.197. The van der Waals surface area contributed by atoms with Crippen molar-refractivity contribution in [1.29, 1.82) is 5.26 Å². The minimum atomic E-state index is -0.850. The predicted molar refractivity (Wildman–Crippen MR) is 88.8 cm³/mol. The Morgan fingerprint density at radius 3 is 2.55 bits per heavy atom. The van der Waals surface area contributed by atoms with E-state index in [0.29, 0.717) is 8.59 Å². The van der Waals surface area contributed by atoms with Crippen LogP contribution in [0.4, 0.5) is 0 Å². The molecule has 0 spiro atoms. The van der Waals surface area contributed by atoms with E-state index in [9.17, 15) is 19.6 Å². The summed E-state index contributed by atoms with van der Waals surface area (Å²) in [5.41, 5.74) is 0. The van der Waals surface area contributed by atoms with Crippen molar-refractivity contribution in [3.63, 3.8) is 0 Å². The fourth-order valence-corrected chi connectivity index (χ4v) is 4.51. The Morgan fingerprint density at radius 1 is 1.45 bits per heavy atom. The van der Waals surface area contributed by atoms with E-state index in [1.54, 1.807) is 6.92 Å². The summed E-state index contributed by atoms with van der Waals surface area (Å²) in [6, 6.07) is 2.14. The molecule has 1 aliphatic heterocycles. The monoisotopic (exact) mass is 360 g/mol. The smallest absolute Gasteiger partial charge is 0.330 e. The normalized spacial score (nSPS) is 17.0. The van der Waals surface area contributed by atoms with Gasteiger partial charge in [-0.3, -0.25) is 9.59 Å². The molecule has 2 amide bonds. The Labute approximate surface area is 142 Å². The first kappa shape index (κ1) is 18.9. The van der Waals surface area contributed by atoms with Crippen molar-refractivity contribution in [2.24, 2.45) is 0 Å². The Kier molecular flexibility index (Phi) is 7.32. The third kappa shape index (κ3) is 5.59. The van der Waals surface area contributed by atoms with Gasteiger partial charge in [0, 0.05) is 12.8 Å². The number of hydrogen-bond acceptors (Lipinski definition) is 8. The molecule has 1 rings (SSSR count). The van der Waals surface area contributed by atoms with Crippen molar-refractivity contribution < 1.29 is 19.2 Å². The van der Waals surface area contributed by atoms with Crippen LogP contribution >= 0.6 is 35.7 Å². The Bertz CT molecular complexity index is 516. The maximum Gasteiger partial charge on any atom is 0.333 e. The number of hydrogen-bond donors (Lipinski definition) is 0. The lowest BCUT2D eigenvalue weighted by atomic mass is 10.1. The summed E-state index contributed by atoms with van der Waals surface area (Å²) in [5.74, 6) is -0.929. The molecule has 1 aliphatic rings. The third-order valence-electron chi connectivity index (χ3n) is 2.81. The molecule has 0 N–H and O–H groups in total. The van der Waals surface area contributed by atoms with Crippen LogP contribution < -0.4 is 0 Å². The van der Waals surface area contributed by atoms with Crippen LogP contribution in [0.25, 0.3) is 0 Å². The van der Waals surface area contributed by atoms with E-state index in [1.807, 2.05) is 6.92 Å². The van der Waals surface area contributed by atoms with Gasteiger partial charge in [0.05, 0.1) is 12.5 Å². The number of amides is 2. The molecule has 0 aliphatic carbocycles. The minimum Gasteiger partial charge on any atom is -0.330 e. The van der Waals surface area contributed by atoms with Gasteiger partial charge in [-0.2, -0.15) is 5.26 Å². The van der Waals surface area contributed by atoms with Crippen LogP contribution in [0.3, 0.4) is 0 Å². The highest BCUT2D eigenvalue weighted by atomic mass is 32.2. The number of imide groups is 1. The molecule has 120 valence electrons. The molecule has 0 saturated carbocycles. The second-order valence-corrected chi connectivity index (χ2v) is 8.64. The van der Waals surface area contributed by atoms with E-state index in [1.165, 1.54) is 23.5 Å². The van der Waals surface area contributed by atoms with Crippen molar-refractivity contribution in [1.82, 2.24) is 5.06 Å². The second-order valence-electron chi connectivity index (χ2n) is 4.67. The van der Waals surface area contributed by atoms with E-state index < -0.39 is 22.5 Å². The minimum absolute atomic E-state index is 0.0559. The van der Waals surface area contributed by atoms with E-state index >= 15 is 0 Å². The summed E-state index contributed by atoms with van der Waals surface area (Å²) in [4.78, 5) is 39.2. The number of carbonyl (C=O) groups is 3. The van der Waals surface area contributed by atoms with E-state index in [2.05, 4.69) is 6.07 Å². The third-order valence-corrected chi connectivity index (χ3v) is 5.46. The molecule has 1 fully saturated rings. The van der Waals surface area contributed by atoms with Gasteiger partial charge in [0.15, 0.2) is 0 Å². The molecule has 1 heterocycles. The molecule has 1 atom stereocenters. The van der Waals surface area contributed by atoms with Crippen LogP contribution in [0.5, 0.6) is 0 Å².